The van der Waals surface area contributed by atoms with E-state index in [0.717, 1.165) is 61.0 Å². The second-order valence-electron chi connectivity index (χ2n) is 10.2. The Kier molecular flexibility index (Phi) is 8.55. The van der Waals surface area contributed by atoms with Crippen molar-refractivity contribution in [2.75, 3.05) is 6.54 Å². The zero-order valence-corrected chi connectivity index (χ0v) is 22.3. The summed E-state index contributed by atoms with van der Waals surface area (Å²) in [6, 6.07) is 21.3. The highest BCUT2D eigenvalue weighted by Gasteiger charge is 2.32. The van der Waals surface area contributed by atoms with Gasteiger partial charge in [0, 0.05) is 23.6 Å². The van der Waals surface area contributed by atoms with Crippen molar-refractivity contribution in [2.24, 2.45) is 0 Å². The van der Waals surface area contributed by atoms with Gasteiger partial charge in [-0.2, -0.15) is 0 Å². The third-order valence-electron chi connectivity index (χ3n) is 6.91. The Labute approximate surface area is 224 Å². The van der Waals surface area contributed by atoms with Crippen LogP contribution < -0.4 is 4.74 Å². The van der Waals surface area contributed by atoms with Gasteiger partial charge in [0.2, 0.25) is 0 Å². The van der Waals surface area contributed by atoms with E-state index in [-0.39, 0.29) is 24.6 Å². The highest BCUT2D eigenvalue weighted by Crippen LogP contribution is 2.36. The number of ether oxygens (including phenoxy) is 1. The van der Waals surface area contributed by atoms with Crippen molar-refractivity contribution in [1.82, 2.24) is 4.90 Å². The van der Waals surface area contributed by atoms with Gasteiger partial charge in [0.05, 0.1) is 0 Å². The maximum Gasteiger partial charge on any atom is 0.323 e. The molecule has 0 aromatic heterocycles. The van der Waals surface area contributed by atoms with Gasteiger partial charge in [0.15, 0.2) is 0 Å². The zero-order chi connectivity index (χ0) is 26.4. The summed E-state index contributed by atoms with van der Waals surface area (Å²) >= 11 is 6.02. The molecular formula is C31H34ClNO4. The molecule has 3 aromatic rings. The molecule has 0 fully saturated rings. The van der Waals surface area contributed by atoms with E-state index in [4.69, 9.17) is 16.3 Å². The highest BCUT2D eigenvalue weighted by molar-refractivity contribution is 6.30. The monoisotopic (exact) mass is 519 g/mol. The largest absolute Gasteiger partial charge is 0.487 e. The minimum Gasteiger partial charge on any atom is -0.487 e. The smallest absolute Gasteiger partial charge is 0.323 e. The molecule has 3 aromatic carbocycles. The van der Waals surface area contributed by atoms with Gasteiger partial charge in [-0.3, -0.25) is 9.59 Å². The van der Waals surface area contributed by atoms with Crippen LogP contribution in [0.25, 0.3) is 0 Å². The summed E-state index contributed by atoms with van der Waals surface area (Å²) in [6.07, 6.45) is 5.63. The number of aliphatic carboxylic acids is 1. The van der Waals surface area contributed by atoms with Crippen LogP contribution in [0.3, 0.4) is 0 Å². The molecule has 1 aliphatic heterocycles. The van der Waals surface area contributed by atoms with Crippen molar-refractivity contribution >= 4 is 23.5 Å². The van der Waals surface area contributed by atoms with Crippen molar-refractivity contribution in [1.29, 1.82) is 0 Å². The average Bonchev–Trinajstić information content (AvgIpc) is 2.88. The summed E-state index contributed by atoms with van der Waals surface area (Å²) in [5.41, 5.74) is 4.41. The summed E-state index contributed by atoms with van der Waals surface area (Å²) < 4.78 is 6.40. The first-order chi connectivity index (χ1) is 17.7. The Hall–Kier alpha value is -3.31. The zero-order valence-electron chi connectivity index (χ0n) is 21.5. The Morgan fingerprint density at radius 1 is 1.00 bits per heavy atom. The molecule has 0 unspecified atom stereocenters. The number of fused-ring (bicyclic) bond motifs is 1. The molecule has 0 saturated heterocycles. The van der Waals surface area contributed by atoms with Crippen LogP contribution in [0.15, 0.2) is 66.7 Å². The summed E-state index contributed by atoms with van der Waals surface area (Å²) in [6.45, 7) is 4.15. The second kappa shape index (κ2) is 11.8. The van der Waals surface area contributed by atoms with Gasteiger partial charge in [-0.15, -0.1) is 0 Å². The van der Waals surface area contributed by atoms with Gasteiger partial charge in [-0.05, 0) is 85.2 Å². The highest BCUT2D eigenvalue weighted by atomic mass is 35.5. The predicted octanol–water partition coefficient (Wildman–Crippen LogP) is 6.74. The van der Waals surface area contributed by atoms with Crippen LogP contribution in [0.1, 0.15) is 65.7 Å². The van der Waals surface area contributed by atoms with Crippen LogP contribution >= 0.6 is 11.6 Å². The SMILES string of the molecule is CCCCc1ccc(CN(CC(=O)O)C(=O)c2ccc3c(c2)CC[C@@](C)(Cc2ccc(Cl)cc2)O3)cc1. The first-order valence-electron chi connectivity index (χ1n) is 12.9. The molecular weight excluding hydrogens is 486 g/mol. The molecule has 0 saturated carbocycles. The van der Waals surface area contributed by atoms with Crippen molar-refractivity contribution < 1.29 is 19.4 Å². The number of hydrogen-bond acceptors (Lipinski definition) is 3. The number of aryl methyl sites for hydroxylation is 2. The van der Waals surface area contributed by atoms with Gasteiger partial charge in [-0.1, -0.05) is 61.3 Å². The molecule has 1 heterocycles. The second-order valence-corrected chi connectivity index (χ2v) is 10.6. The Morgan fingerprint density at radius 3 is 2.35 bits per heavy atom. The normalized spacial score (nSPS) is 16.5. The molecule has 0 spiro atoms. The first-order valence-corrected chi connectivity index (χ1v) is 13.3. The summed E-state index contributed by atoms with van der Waals surface area (Å²) in [5, 5.41) is 10.2. The topological polar surface area (TPSA) is 66.8 Å². The third-order valence-corrected chi connectivity index (χ3v) is 7.16. The van der Waals surface area contributed by atoms with Gasteiger partial charge < -0.3 is 14.7 Å². The molecule has 0 aliphatic carbocycles. The number of nitrogens with zero attached hydrogens (tertiary/aromatic N) is 1. The lowest BCUT2D eigenvalue weighted by Crippen LogP contribution is -2.39. The van der Waals surface area contributed by atoms with Crippen LogP contribution in [0.5, 0.6) is 5.75 Å². The van der Waals surface area contributed by atoms with E-state index in [1.807, 2.05) is 48.5 Å². The molecule has 1 N–H and O–H groups in total. The fourth-order valence-corrected chi connectivity index (χ4v) is 4.97. The number of hydrogen-bond donors (Lipinski definition) is 1. The lowest BCUT2D eigenvalue weighted by molar-refractivity contribution is -0.137. The molecule has 6 heteroatoms. The van der Waals surface area contributed by atoms with Gasteiger partial charge in [-0.25, -0.2) is 0 Å². The molecule has 0 radical (unpaired) electrons. The molecule has 4 rings (SSSR count). The number of rotatable bonds is 10. The van der Waals surface area contributed by atoms with Crippen molar-refractivity contribution in [3.63, 3.8) is 0 Å². The van der Waals surface area contributed by atoms with Crippen molar-refractivity contribution in [3.8, 4) is 5.75 Å². The van der Waals surface area contributed by atoms with Crippen LogP contribution in [0.2, 0.25) is 5.02 Å². The number of carboxylic acids is 1. The van der Waals surface area contributed by atoms with E-state index < -0.39 is 5.97 Å². The predicted molar refractivity (Wildman–Crippen MR) is 146 cm³/mol. The van der Waals surface area contributed by atoms with Crippen LogP contribution in [0, 0.1) is 0 Å². The van der Waals surface area contributed by atoms with E-state index in [1.165, 1.54) is 10.5 Å². The number of carboxylic acid groups (broad SMARTS) is 1. The summed E-state index contributed by atoms with van der Waals surface area (Å²) in [5.74, 6) is -0.561. The van der Waals surface area contributed by atoms with Crippen molar-refractivity contribution in [2.45, 2.75) is 64.5 Å². The van der Waals surface area contributed by atoms with Crippen LogP contribution in [-0.4, -0.2) is 34.0 Å². The number of benzene rings is 3. The van der Waals surface area contributed by atoms with E-state index in [9.17, 15) is 14.7 Å². The number of carbonyl (C=O) groups is 2. The van der Waals surface area contributed by atoms with E-state index in [2.05, 4.69) is 26.0 Å². The van der Waals surface area contributed by atoms with E-state index >= 15 is 0 Å². The summed E-state index contributed by atoms with van der Waals surface area (Å²) in [4.78, 5) is 26.3. The molecule has 1 aliphatic rings. The molecule has 1 atom stereocenters. The van der Waals surface area contributed by atoms with Crippen molar-refractivity contribution in [3.05, 3.63) is 99.6 Å². The van der Waals surface area contributed by atoms with Crippen LogP contribution in [-0.2, 0) is 30.6 Å². The van der Waals surface area contributed by atoms with Gasteiger partial charge >= 0.3 is 5.97 Å². The third kappa shape index (κ3) is 7.14. The molecule has 37 heavy (non-hydrogen) atoms. The summed E-state index contributed by atoms with van der Waals surface area (Å²) in [7, 11) is 0. The fraction of sp³-hybridized carbons (Fsp3) is 0.355. The molecule has 5 nitrogen and oxygen atoms in total. The van der Waals surface area contributed by atoms with E-state index in [1.54, 1.807) is 6.07 Å². The molecule has 0 bridgehead atoms. The van der Waals surface area contributed by atoms with Gasteiger partial charge in [0.1, 0.15) is 17.9 Å². The molecule has 1 amide bonds. The lowest BCUT2D eigenvalue weighted by Gasteiger charge is -2.36. The van der Waals surface area contributed by atoms with Crippen LogP contribution in [0.4, 0.5) is 0 Å². The fourth-order valence-electron chi connectivity index (χ4n) is 4.84. The molecule has 194 valence electrons. The number of unbranched alkanes of at least 4 members (excludes halogenated alkanes) is 1. The number of amides is 1. The number of halogens is 1. The Balaban J connectivity index is 1.47. The minimum atomic E-state index is -1.04. The minimum absolute atomic E-state index is 0.242. The Bertz CT molecular complexity index is 1240. The van der Waals surface area contributed by atoms with Gasteiger partial charge in [0.25, 0.3) is 5.91 Å². The lowest BCUT2D eigenvalue weighted by atomic mass is 9.87. The quantitative estimate of drug-likeness (QED) is 0.322. The maximum atomic E-state index is 13.4. The standard InChI is InChI=1S/C31H34ClNO4/c1-3-4-5-22-6-8-24(9-7-22)20-33(21-29(34)35)30(36)26-12-15-28-25(18-26)16-17-31(2,37-28)19-23-10-13-27(32)14-11-23/h6-15,18H,3-5,16-17,19-21H2,1-2H3,(H,34,35)/t31-/m0/s1. The Morgan fingerprint density at radius 2 is 1.68 bits per heavy atom. The first kappa shape index (κ1) is 26.7. The average molecular weight is 520 g/mol. The number of carbonyl (C=O) groups excluding carboxylic acids is 1. The maximum absolute atomic E-state index is 13.4. The van der Waals surface area contributed by atoms with E-state index in [0.29, 0.717) is 10.6 Å².